The molecular weight excluding hydrogens is 514 g/mol. The van der Waals surface area contributed by atoms with Gasteiger partial charge in [0, 0.05) is 25.3 Å². The van der Waals surface area contributed by atoms with E-state index in [-0.39, 0.29) is 47.9 Å². The number of nitrogens with one attached hydrogen (secondary N) is 2. The molecule has 0 saturated carbocycles. The van der Waals surface area contributed by atoms with Gasteiger partial charge in [-0.25, -0.2) is 4.79 Å². The quantitative estimate of drug-likeness (QED) is 0.379. The molecular formula is C27H36ClN3O7. The van der Waals surface area contributed by atoms with Gasteiger partial charge in [-0.15, -0.1) is 0 Å². The van der Waals surface area contributed by atoms with Gasteiger partial charge in [0.2, 0.25) is 17.7 Å². The van der Waals surface area contributed by atoms with Crippen LogP contribution in [0.25, 0.3) is 0 Å². The highest BCUT2D eigenvalue weighted by Crippen LogP contribution is 2.25. The molecule has 208 valence electrons. The fourth-order valence-electron chi connectivity index (χ4n) is 4.17. The van der Waals surface area contributed by atoms with E-state index in [0.29, 0.717) is 5.56 Å². The number of nitrogens with zero attached hydrogens (tertiary/aromatic N) is 1. The van der Waals surface area contributed by atoms with Crippen LogP contribution in [-0.2, 0) is 35.1 Å². The maximum Gasteiger partial charge on any atom is 0.328 e. The number of allylic oxidation sites excluding steroid dienone is 1. The lowest BCUT2D eigenvalue weighted by Gasteiger charge is -2.29. The Labute approximate surface area is 227 Å². The molecule has 38 heavy (non-hydrogen) atoms. The number of likely N-dealkylation sites (N-methyl/N-ethyl adjacent to an activating group) is 1. The Morgan fingerprint density at radius 2 is 1.74 bits per heavy atom. The summed E-state index contributed by atoms with van der Waals surface area (Å²) in [7, 11) is 1.41. The fourth-order valence-corrected chi connectivity index (χ4v) is 4.38. The van der Waals surface area contributed by atoms with Crippen LogP contribution in [0.4, 0.5) is 0 Å². The van der Waals surface area contributed by atoms with Crippen molar-refractivity contribution in [2.45, 2.75) is 65.1 Å². The second kappa shape index (κ2) is 13.4. The summed E-state index contributed by atoms with van der Waals surface area (Å²) in [6.45, 7) is 9.87. The number of cyclic esters (lactones) is 1. The molecule has 2 rings (SSSR count). The molecule has 0 bridgehead atoms. The maximum absolute atomic E-state index is 13.3. The minimum Gasteiger partial charge on any atom is -0.506 e. The van der Waals surface area contributed by atoms with E-state index in [1.54, 1.807) is 26.8 Å². The van der Waals surface area contributed by atoms with Crippen LogP contribution >= 0.6 is 11.6 Å². The lowest BCUT2D eigenvalue weighted by Crippen LogP contribution is -2.54. The van der Waals surface area contributed by atoms with Crippen LogP contribution in [0, 0.1) is 11.8 Å². The smallest absolute Gasteiger partial charge is 0.328 e. The van der Waals surface area contributed by atoms with Gasteiger partial charge in [-0.3, -0.25) is 19.2 Å². The number of hydrogen-bond acceptors (Lipinski definition) is 7. The predicted molar refractivity (Wildman–Crippen MR) is 141 cm³/mol. The molecule has 10 nitrogen and oxygen atoms in total. The Morgan fingerprint density at radius 1 is 1.08 bits per heavy atom. The summed E-state index contributed by atoms with van der Waals surface area (Å²) in [5.74, 6) is -3.78. The number of phenolic OH excluding ortho intramolecular Hbond substituents is 1. The highest BCUT2D eigenvalue weighted by molar-refractivity contribution is 6.32. The number of carbonyl (C=O) groups excluding carboxylic acids is 5. The maximum atomic E-state index is 13.3. The number of phenols is 1. The molecule has 11 heteroatoms. The first-order valence-electron chi connectivity index (χ1n) is 12.4. The van der Waals surface area contributed by atoms with Gasteiger partial charge in [0.15, 0.2) is 5.78 Å². The van der Waals surface area contributed by atoms with Crippen LogP contribution in [0.5, 0.6) is 5.75 Å². The van der Waals surface area contributed by atoms with Crippen molar-refractivity contribution < 1.29 is 33.8 Å². The number of amides is 3. The highest BCUT2D eigenvalue weighted by Gasteiger charge is 2.31. The number of ketones is 1. The molecule has 0 aliphatic carbocycles. The van der Waals surface area contributed by atoms with E-state index >= 15 is 0 Å². The Balaban J connectivity index is 2.35. The van der Waals surface area contributed by atoms with Gasteiger partial charge >= 0.3 is 5.97 Å². The van der Waals surface area contributed by atoms with Crippen molar-refractivity contribution in [1.29, 1.82) is 0 Å². The molecule has 0 unspecified atom stereocenters. The normalized spacial score (nSPS) is 27.2. The van der Waals surface area contributed by atoms with Gasteiger partial charge in [-0.05, 0) is 50.0 Å². The third kappa shape index (κ3) is 8.31. The number of benzene rings is 1. The average molecular weight is 550 g/mol. The predicted octanol–water partition coefficient (Wildman–Crippen LogP) is 2.16. The van der Waals surface area contributed by atoms with Crippen molar-refractivity contribution in [3.63, 3.8) is 0 Å². The molecule has 1 aromatic carbocycles. The Kier molecular flexibility index (Phi) is 10.9. The second-order valence-corrected chi connectivity index (χ2v) is 10.3. The summed E-state index contributed by atoms with van der Waals surface area (Å²) in [5.41, 5.74) is 0.838. The molecule has 0 aromatic heterocycles. The summed E-state index contributed by atoms with van der Waals surface area (Å²) in [4.78, 5) is 65.5. The van der Waals surface area contributed by atoms with E-state index in [1.165, 1.54) is 31.0 Å². The van der Waals surface area contributed by atoms with Gasteiger partial charge < -0.3 is 25.4 Å². The number of Topliss-reactive ketones (excluding diaryl/α,β-unsaturated/α-hetero) is 1. The number of carbonyl (C=O) groups is 5. The van der Waals surface area contributed by atoms with Crippen molar-refractivity contribution in [2.75, 3.05) is 13.6 Å². The van der Waals surface area contributed by atoms with E-state index in [0.717, 1.165) is 0 Å². The van der Waals surface area contributed by atoms with Gasteiger partial charge in [0.1, 0.15) is 17.8 Å². The minimum absolute atomic E-state index is 0.0239. The summed E-state index contributed by atoms with van der Waals surface area (Å²) < 4.78 is 5.45. The van der Waals surface area contributed by atoms with Crippen molar-refractivity contribution in [3.8, 4) is 5.75 Å². The van der Waals surface area contributed by atoms with Crippen molar-refractivity contribution in [3.05, 3.63) is 40.9 Å². The number of halogens is 1. The zero-order valence-corrected chi connectivity index (χ0v) is 23.1. The average Bonchev–Trinajstić information content (AvgIpc) is 2.85. The molecule has 1 aliphatic heterocycles. The van der Waals surface area contributed by atoms with E-state index in [9.17, 15) is 29.1 Å². The zero-order chi connectivity index (χ0) is 28.7. The molecule has 1 heterocycles. The monoisotopic (exact) mass is 549 g/mol. The number of rotatable bonds is 2. The summed E-state index contributed by atoms with van der Waals surface area (Å²) in [5, 5.41) is 14.9. The third-order valence-corrected chi connectivity index (χ3v) is 6.83. The summed E-state index contributed by atoms with van der Waals surface area (Å²) >= 11 is 6.01. The highest BCUT2D eigenvalue weighted by atomic mass is 35.5. The van der Waals surface area contributed by atoms with E-state index < -0.39 is 53.7 Å². The molecule has 1 saturated heterocycles. The van der Waals surface area contributed by atoms with Crippen LogP contribution in [-0.4, -0.2) is 71.3 Å². The van der Waals surface area contributed by atoms with E-state index in [2.05, 4.69) is 17.2 Å². The molecule has 0 spiro atoms. The first-order valence-corrected chi connectivity index (χ1v) is 12.8. The third-order valence-electron chi connectivity index (χ3n) is 6.53. The van der Waals surface area contributed by atoms with Crippen LogP contribution in [0.1, 0.15) is 46.1 Å². The molecule has 3 N–H and O–H groups in total. The lowest BCUT2D eigenvalue weighted by molar-refractivity contribution is -0.153. The zero-order valence-electron chi connectivity index (χ0n) is 22.4. The SMILES string of the molecule is C=C1C[C@H](C)C(=O)NCC(=O)N(C)[C@H](Cc2ccc(O)c(Cl)c2)C(=O)N[C@@H](C)C(=O)O[C@@H](C)C[C@@H](C)C1=O. The largest absolute Gasteiger partial charge is 0.506 e. The topological polar surface area (TPSA) is 142 Å². The molecule has 1 aliphatic rings. The van der Waals surface area contributed by atoms with Crippen LogP contribution < -0.4 is 10.6 Å². The van der Waals surface area contributed by atoms with Gasteiger partial charge in [0.05, 0.1) is 17.7 Å². The lowest BCUT2D eigenvalue weighted by atomic mass is 9.90. The van der Waals surface area contributed by atoms with Crippen LogP contribution in [0.15, 0.2) is 30.4 Å². The van der Waals surface area contributed by atoms with Crippen LogP contribution in [0.2, 0.25) is 5.02 Å². The molecule has 5 atom stereocenters. The van der Waals surface area contributed by atoms with E-state index in [1.807, 2.05) is 0 Å². The minimum atomic E-state index is -1.07. The van der Waals surface area contributed by atoms with Crippen molar-refractivity contribution in [1.82, 2.24) is 15.5 Å². The number of aromatic hydroxyl groups is 1. The molecule has 3 amide bonds. The fraction of sp³-hybridized carbons (Fsp3) is 0.519. The van der Waals surface area contributed by atoms with Gasteiger partial charge in [-0.2, -0.15) is 0 Å². The van der Waals surface area contributed by atoms with Gasteiger partial charge in [0.25, 0.3) is 0 Å². The molecule has 1 fully saturated rings. The summed E-state index contributed by atoms with van der Waals surface area (Å²) in [6.07, 6.45) is -0.244. The van der Waals surface area contributed by atoms with Gasteiger partial charge in [-0.1, -0.05) is 38.1 Å². The van der Waals surface area contributed by atoms with Crippen LogP contribution in [0.3, 0.4) is 0 Å². The first-order chi connectivity index (χ1) is 17.7. The summed E-state index contributed by atoms with van der Waals surface area (Å²) in [6, 6.07) is 2.31. The number of esters is 1. The number of hydrogen-bond donors (Lipinski definition) is 3. The Morgan fingerprint density at radius 3 is 2.37 bits per heavy atom. The number of ether oxygens (including phenoxy) is 1. The van der Waals surface area contributed by atoms with Crippen molar-refractivity contribution >= 4 is 41.1 Å². The molecule has 0 radical (unpaired) electrons. The second-order valence-electron chi connectivity index (χ2n) is 9.92. The Hall–Kier alpha value is -3.40. The molecule has 1 aromatic rings. The standard InChI is InChI=1S/C27H36ClN3O7/c1-14-9-16(3)25(35)29-13-23(33)31(6)21(12-19-7-8-22(32)20(28)11-19)26(36)30-18(5)27(37)38-17(4)10-15(2)24(14)34/h7-8,11,15-18,21,32H,1,9-10,12-13H2,2-6H3,(H,29,35)(H,30,36)/t15-,16+,17+,18+,21-/m1/s1. The van der Waals surface area contributed by atoms with Crippen molar-refractivity contribution in [2.24, 2.45) is 11.8 Å². The first kappa shape index (κ1) is 30.8. The Bertz CT molecular complexity index is 1110. The van der Waals surface area contributed by atoms with E-state index in [4.69, 9.17) is 16.3 Å².